The SMILES string of the molecule is COc1cccc(/C=N\NC(=O)c2cccc([N+](=O)[O-])c2)c1OCc1ccc(Cl)c(Cl)c1. The predicted octanol–water partition coefficient (Wildman–Crippen LogP) is 5.25. The van der Waals surface area contributed by atoms with E-state index in [9.17, 15) is 14.9 Å². The molecule has 8 nitrogen and oxygen atoms in total. The molecule has 1 N–H and O–H groups in total. The van der Waals surface area contributed by atoms with Crippen LogP contribution in [0.4, 0.5) is 5.69 Å². The van der Waals surface area contributed by atoms with Crippen LogP contribution in [0.5, 0.6) is 11.5 Å². The van der Waals surface area contributed by atoms with Gasteiger partial charge in [0.05, 0.1) is 28.3 Å². The quantitative estimate of drug-likeness (QED) is 0.273. The predicted molar refractivity (Wildman–Crippen MR) is 122 cm³/mol. The fourth-order valence-corrected chi connectivity index (χ4v) is 3.04. The molecule has 0 spiro atoms. The molecule has 3 aromatic rings. The highest BCUT2D eigenvalue weighted by Crippen LogP contribution is 2.31. The molecule has 3 rings (SSSR count). The van der Waals surface area contributed by atoms with E-state index in [2.05, 4.69) is 10.5 Å². The van der Waals surface area contributed by atoms with Crippen LogP contribution in [0.15, 0.2) is 65.8 Å². The lowest BCUT2D eigenvalue weighted by molar-refractivity contribution is -0.384. The summed E-state index contributed by atoms with van der Waals surface area (Å²) in [5, 5.41) is 15.7. The Morgan fingerprint density at radius 2 is 1.91 bits per heavy atom. The van der Waals surface area contributed by atoms with Crippen molar-refractivity contribution in [3.63, 3.8) is 0 Å². The van der Waals surface area contributed by atoms with Crippen LogP contribution >= 0.6 is 23.2 Å². The topological polar surface area (TPSA) is 103 Å². The lowest BCUT2D eigenvalue weighted by Gasteiger charge is -2.13. The Bertz CT molecular complexity index is 1180. The molecule has 0 unspecified atom stereocenters. The number of nitrogens with zero attached hydrogens (tertiary/aromatic N) is 2. The van der Waals surface area contributed by atoms with Crippen molar-refractivity contribution in [1.29, 1.82) is 0 Å². The van der Waals surface area contributed by atoms with Gasteiger partial charge in [0.15, 0.2) is 11.5 Å². The van der Waals surface area contributed by atoms with Crippen LogP contribution < -0.4 is 14.9 Å². The second kappa shape index (κ2) is 10.6. The molecular formula is C22H17Cl2N3O5. The first kappa shape index (κ1) is 23.1. The third-order valence-electron chi connectivity index (χ3n) is 4.29. The standard InChI is InChI=1S/C22H17Cl2N3O5/c1-31-20-7-3-5-16(21(20)32-13-14-8-9-18(23)19(24)10-14)12-25-26-22(28)15-4-2-6-17(11-15)27(29)30/h2-12H,13H2,1H3,(H,26,28)/b25-12-. The Kier molecular flexibility index (Phi) is 7.64. The maximum Gasteiger partial charge on any atom is 0.271 e. The molecule has 10 heteroatoms. The number of non-ortho nitro benzene ring substituents is 1. The Hall–Kier alpha value is -3.62. The van der Waals surface area contributed by atoms with E-state index in [0.29, 0.717) is 27.1 Å². The van der Waals surface area contributed by atoms with E-state index in [0.717, 1.165) is 5.56 Å². The maximum atomic E-state index is 12.3. The number of nitro groups is 1. The first-order chi connectivity index (χ1) is 15.4. The third-order valence-corrected chi connectivity index (χ3v) is 5.02. The summed E-state index contributed by atoms with van der Waals surface area (Å²) >= 11 is 12.0. The second-order valence-electron chi connectivity index (χ2n) is 6.42. The van der Waals surface area contributed by atoms with Gasteiger partial charge in [-0.2, -0.15) is 5.10 Å². The van der Waals surface area contributed by atoms with Crippen molar-refractivity contribution in [2.45, 2.75) is 6.61 Å². The molecule has 0 aliphatic heterocycles. The molecule has 0 saturated carbocycles. The minimum atomic E-state index is -0.592. The van der Waals surface area contributed by atoms with Gasteiger partial charge in [0.1, 0.15) is 6.61 Å². The lowest BCUT2D eigenvalue weighted by atomic mass is 10.2. The van der Waals surface area contributed by atoms with Crippen LogP contribution in [0.2, 0.25) is 10.0 Å². The summed E-state index contributed by atoms with van der Waals surface area (Å²) in [6.45, 7) is 0.193. The van der Waals surface area contributed by atoms with Gasteiger partial charge in [-0.3, -0.25) is 14.9 Å². The van der Waals surface area contributed by atoms with E-state index >= 15 is 0 Å². The molecule has 32 heavy (non-hydrogen) atoms. The molecule has 0 aliphatic rings. The Morgan fingerprint density at radius 3 is 2.62 bits per heavy atom. The number of benzene rings is 3. The molecule has 164 valence electrons. The number of nitrogens with one attached hydrogen (secondary N) is 1. The number of rotatable bonds is 8. The average Bonchev–Trinajstić information content (AvgIpc) is 2.80. The number of para-hydroxylation sites is 1. The fourth-order valence-electron chi connectivity index (χ4n) is 2.72. The fraction of sp³-hybridized carbons (Fsp3) is 0.0909. The summed E-state index contributed by atoms with van der Waals surface area (Å²) in [4.78, 5) is 22.6. The number of nitro benzene ring substituents is 1. The molecule has 0 saturated heterocycles. The molecule has 0 radical (unpaired) electrons. The Morgan fingerprint density at radius 1 is 1.12 bits per heavy atom. The number of amides is 1. The van der Waals surface area contributed by atoms with Crippen LogP contribution in [-0.2, 0) is 6.61 Å². The van der Waals surface area contributed by atoms with Gasteiger partial charge in [0.2, 0.25) is 0 Å². The van der Waals surface area contributed by atoms with Crippen LogP contribution in [0.25, 0.3) is 0 Å². The van der Waals surface area contributed by atoms with Crippen LogP contribution in [0.1, 0.15) is 21.5 Å². The Labute approximate surface area is 193 Å². The van der Waals surface area contributed by atoms with E-state index in [1.807, 2.05) is 0 Å². The number of carbonyl (C=O) groups excluding carboxylic acids is 1. The van der Waals surface area contributed by atoms with Crippen molar-refractivity contribution in [2.75, 3.05) is 7.11 Å². The van der Waals surface area contributed by atoms with Crippen LogP contribution in [0, 0.1) is 10.1 Å². The molecule has 0 bridgehead atoms. The van der Waals surface area contributed by atoms with Gasteiger partial charge in [0, 0.05) is 23.3 Å². The number of hydrogen-bond donors (Lipinski definition) is 1. The number of hydrogen-bond acceptors (Lipinski definition) is 6. The smallest absolute Gasteiger partial charge is 0.271 e. The molecule has 0 fully saturated rings. The van der Waals surface area contributed by atoms with Crippen LogP contribution in [0.3, 0.4) is 0 Å². The lowest BCUT2D eigenvalue weighted by Crippen LogP contribution is -2.17. The van der Waals surface area contributed by atoms with Gasteiger partial charge < -0.3 is 9.47 Å². The first-order valence-electron chi connectivity index (χ1n) is 9.20. The molecule has 0 atom stereocenters. The van der Waals surface area contributed by atoms with E-state index in [4.69, 9.17) is 32.7 Å². The Balaban J connectivity index is 1.75. The summed E-state index contributed by atoms with van der Waals surface area (Å²) in [6.07, 6.45) is 1.39. The highest BCUT2D eigenvalue weighted by atomic mass is 35.5. The summed E-state index contributed by atoms with van der Waals surface area (Å²) in [5.74, 6) is 0.291. The molecular weight excluding hydrogens is 457 g/mol. The minimum Gasteiger partial charge on any atom is -0.493 e. The van der Waals surface area contributed by atoms with Crippen molar-refractivity contribution in [3.05, 3.63) is 97.5 Å². The highest BCUT2D eigenvalue weighted by Gasteiger charge is 2.12. The van der Waals surface area contributed by atoms with Gasteiger partial charge in [0.25, 0.3) is 11.6 Å². The zero-order valence-corrected chi connectivity index (χ0v) is 18.3. The monoisotopic (exact) mass is 473 g/mol. The highest BCUT2D eigenvalue weighted by molar-refractivity contribution is 6.42. The summed E-state index contributed by atoms with van der Waals surface area (Å²) in [5.41, 5.74) is 3.61. The summed E-state index contributed by atoms with van der Waals surface area (Å²) in [6, 6.07) is 15.7. The number of hydrazone groups is 1. The van der Waals surface area contributed by atoms with Crippen molar-refractivity contribution in [2.24, 2.45) is 5.10 Å². The molecule has 0 heterocycles. The van der Waals surface area contributed by atoms with Gasteiger partial charge in [-0.15, -0.1) is 0 Å². The molecule has 3 aromatic carbocycles. The van der Waals surface area contributed by atoms with E-state index in [-0.39, 0.29) is 17.9 Å². The molecule has 0 aliphatic carbocycles. The summed E-state index contributed by atoms with van der Waals surface area (Å²) < 4.78 is 11.3. The summed E-state index contributed by atoms with van der Waals surface area (Å²) in [7, 11) is 1.51. The van der Waals surface area contributed by atoms with E-state index < -0.39 is 10.8 Å². The van der Waals surface area contributed by atoms with E-state index in [1.165, 1.54) is 37.6 Å². The van der Waals surface area contributed by atoms with Crippen molar-refractivity contribution >= 4 is 41.0 Å². The first-order valence-corrected chi connectivity index (χ1v) is 9.96. The third kappa shape index (κ3) is 5.75. The van der Waals surface area contributed by atoms with Crippen LogP contribution in [-0.4, -0.2) is 24.2 Å². The zero-order valence-electron chi connectivity index (χ0n) is 16.7. The zero-order chi connectivity index (χ0) is 23.1. The van der Waals surface area contributed by atoms with Gasteiger partial charge in [-0.25, -0.2) is 5.43 Å². The number of ether oxygens (including phenoxy) is 2. The van der Waals surface area contributed by atoms with E-state index in [1.54, 1.807) is 36.4 Å². The van der Waals surface area contributed by atoms with Gasteiger partial charge in [-0.05, 0) is 35.9 Å². The number of methoxy groups -OCH3 is 1. The van der Waals surface area contributed by atoms with Crippen molar-refractivity contribution in [1.82, 2.24) is 5.43 Å². The maximum absolute atomic E-state index is 12.3. The number of carbonyl (C=O) groups is 1. The van der Waals surface area contributed by atoms with Gasteiger partial charge >= 0.3 is 0 Å². The molecule has 1 amide bonds. The minimum absolute atomic E-state index is 0.109. The second-order valence-corrected chi connectivity index (χ2v) is 7.24. The molecule has 0 aromatic heterocycles. The largest absolute Gasteiger partial charge is 0.493 e. The van der Waals surface area contributed by atoms with Gasteiger partial charge in [-0.1, -0.05) is 41.4 Å². The number of halogens is 2. The normalized spacial score (nSPS) is 10.7. The van der Waals surface area contributed by atoms with Crippen molar-refractivity contribution < 1.29 is 19.2 Å². The average molecular weight is 474 g/mol. The van der Waals surface area contributed by atoms with Crippen molar-refractivity contribution in [3.8, 4) is 11.5 Å².